The van der Waals surface area contributed by atoms with E-state index < -0.39 is 5.41 Å². The molecule has 0 radical (unpaired) electrons. The van der Waals surface area contributed by atoms with E-state index in [-0.39, 0.29) is 0 Å². The summed E-state index contributed by atoms with van der Waals surface area (Å²) < 4.78 is 13.7. The van der Waals surface area contributed by atoms with Crippen molar-refractivity contribution in [2.45, 2.75) is 5.41 Å². The van der Waals surface area contributed by atoms with Gasteiger partial charge in [-0.25, -0.2) is 0 Å². The minimum atomic E-state index is -0.657. The van der Waals surface area contributed by atoms with Crippen LogP contribution in [0.4, 0.5) is 34.1 Å². The van der Waals surface area contributed by atoms with Crippen molar-refractivity contribution < 1.29 is 9.15 Å². The van der Waals surface area contributed by atoms with E-state index in [4.69, 9.17) is 9.15 Å². The maximum atomic E-state index is 6.90. The summed E-state index contributed by atoms with van der Waals surface area (Å²) in [6, 6.07) is 97.2. The smallest absolute Gasteiger partial charge is 0.159 e. The molecule has 1 aromatic heterocycles. The first-order valence-corrected chi connectivity index (χ1v) is 25.7. The largest absolute Gasteiger partial charge is 0.454 e. The maximum Gasteiger partial charge on any atom is 0.159 e. The minimum absolute atomic E-state index is 0.657. The number of ether oxygens (including phenoxy) is 1. The molecular formula is C71H44N2O2. The molecule has 12 aromatic carbocycles. The molecule has 0 amide bonds. The van der Waals surface area contributed by atoms with Crippen molar-refractivity contribution in [2.24, 2.45) is 0 Å². The zero-order valence-electron chi connectivity index (χ0n) is 40.6. The highest BCUT2D eigenvalue weighted by Crippen LogP contribution is 2.67. The first-order chi connectivity index (χ1) is 37.2. The lowest BCUT2D eigenvalue weighted by molar-refractivity contribution is 0.473. The third-order valence-corrected chi connectivity index (χ3v) is 16.0. The molecule has 2 aliphatic heterocycles. The van der Waals surface area contributed by atoms with Crippen LogP contribution in [0, 0.1) is 0 Å². The van der Waals surface area contributed by atoms with E-state index in [0.29, 0.717) is 0 Å². The van der Waals surface area contributed by atoms with E-state index in [0.717, 1.165) is 89.8 Å². The first-order valence-electron chi connectivity index (χ1n) is 25.7. The van der Waals surface area contributed by atoms with Crippen molar-refractivity contribution in [3.8, 4) is 56.0 Å². The fraction of sp³-hybridized carbons (Fsp3) is 0.0141. The summed E-state index contributed by atoms with van der Waals surface area (Å²) in [6.45, 7) is 0. The molecule has 4 nitrogen and oxygen atoms in total. The quantitative estimate of drug-likeness (QED) is 0.166. The fourth-order valence-corrected chi connectivity index (χ4v) is 12.9. The van der Waals surface area contributed by atoms with Gasteiger partial charge in [-0.1, -0.05) is 200 Å². The zero-order chi connectivity index (χ0) is 49.2. The van der Waals surface area contributed by atoms with E-state index in [1.165, 1.54) is 55.3 Å². The zero-order valence-corrected chi connectivity index (χ0v) is 40.6. The van der Waals surface area contributed by atoms with Crippen LogP contribution in [0.15, 0.2) is 271 Å². The second-order valence-electron chi connectivity index (χ2n) is 19.9. The molecule has 0 bridgehead atoms. The summed E-state index contributed by atoms with van der Waals surface area (Å²) in [5, 5.41) is 4.56. The Morgan fingerprint density at radius 2 is 0.960 bits per heavy atom. The van der Waals surface area contributed by atoms with Crippen molar-refractivity contribution in [2.75, 3.05) is 9.80 Å². The van der Waals surface area contributed by atoms with Gasteiger partial charge in [-0.15, -0.1) is 0 Å². The average molecular weight is 957 g/mol. The molecular weight excluding hydrogens is 913 g/mol. The van der Waals surface area contributed by atoms with Gasteiger partial charge in [0.2, 0.25) is 0 Å². The molecule has 3 aliphatic rings. The van der Waals surface area contributed by atoms with E-state index in [1.807, 2.05) is 6.07 Å². The van der Waals surface area contributed by atoms with Gasteiger partial charge in [-0.3, -0.25) is 0 Å². The predicted molar refractivity (Wildman–Crippen MR) is 308 cm³/mol. The number of anilines is 6. The second kappa shape index (κ2) is 16.1. The van der Waals surface area contributed by atoms with Crippen LogP contribution in [0.3, 0.4) is 0 Å². The van der Waals surface area contributed by atoms with Crippen LogP contribution in [0.25, 0.3) is 77.2 Å². The van der Waals surface area contributed by atoms with Crippen molar-refractivity contribution >= 4 is 66.8 Å². The number of rotatable bonds is 6. The Bertz CT molecular complexity index is 4470. The number of furan rings is 1. The predicted octanol–water partition coefficient (Wildman–Crippen LogP) is 19.5. The molecule has 0 fully saturated rings. The summed E-state index contributed by atoms with van der Waals surface area (Å²) in [7, 11) is 0. The molecule has 1 atom stereocenters. The van der Waals surface area contributed by atoms with Crippen LogP contribution < -0.4 is 14.5 Å². The van der Waals surface area contributed by atoms with Gasteiger partial charge in [0.1, 0.15) is 5.58 Å². The molecule has 3 heterocycles. The Kier molecular flexibility index (Phi) is 8.92. The molecule has 0 saturated carbocycles. The van der Waals surface area contributed by atoms with Gasteiger partial charge in [-0.2, -0.15) is 0 Å². The van der Waals surface area contributed by atoms with Gasteiger partial charge in [0.05, 0.1) is 28.2 Å². The van der Waals surface area contributed by atoms with E-state index >= 15 is 0 Å². The maximum absolute atomic E-state index is 6.90. The van der Waals surface area contributed by atoms with E-state index in [9.17, 15) is 0 Å². The number of hydrogen-bond donors (Lipinski definition) is 0. The summed E-state index contributed by atoms with van der Waals surface area (Å²) in [5.74, 6) is 1.70. The molecule has 0 saturated heterocycles. The van der Waals surface area contributed by atoms with E-state index in [1.54, 1.807) is 0 Å². The molecule has 75 heavy (non-hydrogen) atoms. The molecule has 1 unspecified atom stereocenters. The van der Waals surface area contributed by atoms with Gasteiger partial charge in [0, 0.05) is 22.1 Å². The Balaban J connectivity index is 0.980. The fourth-order valence-electron chi connectivity index (χ4n) is 12.9. The highest BCUT2D eigenvalue weighted by molar-refractivity contribution is 6.11. The highest BCUT2D eigenvalue weighted by Gasteiger charge is 2.53. The molecule has 0 N–H and O–H groups in total. The molecule has 4 heteroatoms. The third-order valence-electron chi connectivity index (χ3n) is 16.0. The van der Waals surface area contributed by atoms with Crippen molar-refractivity contribution in [1.82, 2.24) is 0 Å². The average Bonchev–Trinajstić information content (AvgIpc) is 4.23. The molecule has 350 valence electrons. The molecule has 1 spiro atoms. The highest BCUT2D eigenvalue weighted by atomic mass is 16.5. The molecule has 16 rings (SSSR count). The van der Waals surface area contributed by atoms with Crippen LogP contribution in [0.2, 0.25) is 0 Å². The van der Waals surface area contributed by atoms with Crippen LogP contribution in [0.1, 0.15) is 22.3 Å². The summed E-state index contributed by atoms with van der Waals surface area (Å²) in [4.78, 5) is 4.83. The van der Waals surface area contributed by atoms with Gasteiger partial charge in [0.25, 0.3) is 0 Å². The van der Waals surface area contributed by atoms with Crippen LogP contribution in [-0.4, -0.2) is 0 Å². The number of para-hydroxylation sites is 6. The monoisotopic (exact) mass is 956 g/mol. The lowest BCUT2D eigenvalue weighted by Crippen LogP contribution is -2.37. The van der Waals surface area contributed by atoms with Gasteiger partial charge >= 0.3 is 0 Å². The lowest BCUT2D eigenvalue weighted by atomic mass is 9.64. The van der Waals surface area contributed by atoms with Crippen LogP contribution in [0.5, 0.6) is 11.5 Å². The number of fused-ring (bicyclic) bond motifs is 15. The summed E-state index contributed by atoms with van der Waals surface area (Å²) in [6.07, 6.45) is 0. The molecule has 13 aromatic rings. The third kappa shape index (κ3) is 5.99. The van der Waals surface area contributed by atoms with Crippen molar-refractivity contribution in [1.29, 1.82) is 0 Å². The lowest BCUT2D eigenvalue weighted by Gasteiger charge is -2.47. The van der Waals surface area contributed by atoms with Gasteiger partial charge < -0.3 is 19.0 Å². The Labute approximate surface area is 434 Å². The SMILES string of the molecule is c1ccc(-c2ccc(N(c3cc(-c4cccc5c4-c4ccccc4C54c5ccccc5N5c6ccccc6Oc6cccc4c65)cc(-c4cccc5ccccc45)c3)c3cccc4c3oc3ccccc34)cc2)cc1. The second-order valence-corrected chi connectivity index (χ2v) is 19.9. The van der Waals surface area contributed by atoms with Crippen LogP contribution in [-0.2, 0) is 5.41 Å². The molecule has 1 aliphatic carbocycles. The Hall–Kier alpha value is -9.90. The summed E-state index contributed by atoms with van der Waals surface area (Å²) >= 11 is 0. The standard InChI is InChI=1S/C71H44N2O2/c1-2-18-45(19-3-1)46-38-40-50(41-39-46)72(64-34-16-27-56-55-23-7-12-35-65(55)75-70(56)64)51-43-48(53-25-14-21-47-20-4-5-22-52(47)53)42-49(44-51)54-26-15-30-60-68(54)57-24-6-8-28-58(57)71(60)59-29-9-10-32-62(59)73-63-33-11-13-36-66(63)74-67-37-17-31-61(71)69(67)73/h1-44H. The van der Waals surface area contributed by atoms with Gasteiger partial charge in [-0.05, 0) is 144 Å². The topological polar surface area (TPSA) is 28.9 Å². The number of nitrogens with zero attached hydrogens (tertiary/aromatic N) is 2. The van der Waals surface area contributed by atoms with Gasteiger partial charge in [0.15, 0.2) is 17.1 Å². The normalized spacial score (nSPS) is 14.5. The van der Waals surface area contributed by atoms with Crippen molar-refractivity contribution in [3.05, 3.63) is 289 Å². The van der Waals surface area contributed by atoms with Crippen molar-refractivity contribution in [3.63, 3.8) is 0 Å². The Morgan fingerprint density at radius 1 is 0.360 bits per heavy atom. The Morgan fingerprint density at radius 3 is 1.85 bits per heavy atom. The first kappa shape index (κ1) is 41.7. The number of benzene rings is 12. The number of hydrogen-bond acceptors (Lipinski definition) is 4. The minimum Gasteiger partial charge on any atom is -0.454 e. The van der Waals surface area contributed by atoms with Crippen LogP contribution >= 0.6 is 0 Å². The van der Waals surface area contributed by atoms with E-state index in [2.05, 4.69) is 271 Å². The summed E-state index contributed by atoms with van der Waals surface area (Å²) in [5.41, 5.74) is 21.6.